The molecule has 1 heterocycles. The van der Waals surface area contributed by atoms with E-state index in [1.54, 1.807) is 0 Å². The Morgan fingerprint density at radius 3 is 2.74 bits per heavy atom. The van der Waals surface area contributed by atoms with Crippen LogP contribution < -0.4 is 5.32 Å². The Bertz CT molecular complexity index is 483. The van der Waals surface area contributed by atoms with Crippen LogP contribution in [0.3, 0.4) is 0 Å². The number of likely N-dealkylation sites (N-methyl/N-ethyl adjacent to an activating group) is 1. The number of hydrogen-bond acceptors (Lipinski definition) is 5. The van der Waals surface area contributed by atoms with Crippen LogP contribution in [0.25, 0.3) is 0 Å². The van der Waals surface area contributed by atoms with Crippen molar-refractivity contribution in [2.45, 2.75) is 13.5 Å². The van der Waals surface area contributed by atoms with Crippen LogP contribution in [0, 0.1) is 0 Å². The number of esters is 1. The summed E-state index contributed by atoms with van der Waals surface area (Å²) in [4.78, 5) is 34.9. The van der Waals surface area contributed by atoms with Gasteiger partial charge in [-0.1, -0.05) is 0 Å². The summed E-state index contributed by atoms with van der Waals surface area (Å²) >= 11 is 0. The fraction of sp³-hybridized carbons (Fsp3) is 0.455. The Kier molecular flexibility index (Phi) is 5.04. The van der Waals surface area contributed by atoms with Gasteiger partial charge in [0.15, 0.2) is 0 Å². The topological polar surface area (TPSA) is 93.5 Å². The van der Waals surface area contributed by atoms with Crippen molar-refractivity contribution in [2.75, 3.05) is 26.0 Å². The Hall–Kier alpha value is -2.38. The van der Waals surface area contributed by atoms with Crippen LogP contribution in [-0.4, -0.2) is 53.2 Å². The molecular formula is C11H16N4O4. The second kappa shape index (κ2) is 6.53. The minimum atomic E-state index is -0.433. The molecule has 0 aromatic carbocycles. The summed E-state index contributed by atoms with van der Waals surface area (Å²) in [6.45, 7) is 1.30. The molecule has 0 unspecified atom stereocenters. The highest BCUT2D eigenvalue weighted by Crippen LogP contribution is 2.05. The predicted octanol–water partition coefficient (Wildman–Crippen LogP) is -0.527. The number of aromatic nitrogens is 2. The zero-order valence-electron chi connectivity index (χ0n) is 11.0. The molecule has 8 nitrogen and oxygen atoms in total. The van der Waals surface area contributed by atoms with Gasteiger partial charge in [0.05, 0.1) is 25.5 Å². The molecule has 1 N–H and O–H groups in total. The third-order valence-electron chi connectivity index (χ3n) is 2.35. The van der Waals surface area contributed by atoms with E-state index < -0.39 is 5.97 Å². The molecule has 1 aromatic rings. The van der Waals surface area contributed by atoms with E-state index in [2.05, 4.69) is 15.2 Å². The van der Waals surface area contributed by atoms with Crippen LogP contribution in [0.2, 0.25) is 0 Å². The number of rotatable bonds is 5. The van der Waals surface area contributed by atoms with Gasteiger partial charge in [-0.3, -0.25) is 19.1 Å². The van der Waals surface area contributed by atoms with Crippen LogP contribution in [-0.2, 0) is 25.7 Å². The normalized spacial score (nSPS) is 9.84. The van der Waals surface area contributed by atoms with Gasteiger partial charge in [-0.15, -0.1) is 0 Å². The lowest BCUT2D eigenvalue weighted by molar-refractivity contribution is -0.141. The first kappa shape index (κ1) is 14.7. The average Bonchev–Trinajstić information content (AvgIpc) is 2.75. The van der Waals surface area contributed by atoms with Crippen molar-refractivity contribution in [2.24, 2.45) is 0 Å². The average molecular weight is 268 g/mol. The highest BCUT2D eigenvalue weighted by Gasteiger charge is 2.10. The molecule has 104 valence electrons. The zero-order valence-corrected chi connectivity index (χ0v) is 11.0. The SMILES string of the molecule is COC(=O)Cn1cc(NC(=O)CN(C)C(C)=O)cn1. The second-order valence-corrected chi connectivity index (χ2v) is 3.93. The maximum absolute atomic E-state index is 11.6. The van der Waals surface area contributed by atoms with E-state index in [0.717, 1.165) is 0 Å². The van der Waals surface area contributed by atoms with Crippen molar-refractivity contribution >= 4 is 23.5 Å². The summed E-state index contributed by atoms with van der Waals surface area (Å²) in [5, 5.41) is 6.46. The first-order valence-corrected chi connectivity index (χ1v) is 5.53. The van der Waals surface area contributed by atoms with Gasteiger partial charge in [0.1, 0.15) is 6.54 Å². The third-order valence-corrected chi connectivity index (χ3v) is 2.35. The zero-order chi connectivity index (χ0) is 14.4. The molecule has 1 rings (SSSR count). The summed E-state index contributed by atoms with van der Waals surface area (Å²) in [6, 6.07) is 0. The van der Waals surface area contributed by atoms with Gasteiger partial charge in [0.2, 0.25) is 11.8 Å². The molecule has 0 atom stereocenters. The first-order valence-electron chi connectivity index (χ1n) is 5.53. The molecule has 0 aliphatic rings. The van der Waals surface area contributed by atoms with E-state index in [-0.39, 0.29) is 24.9 Å². The van der Waals surface area contributed by atoms with E-state index in [1.807, 2.05) is 0 Å². The van der Waals surface area contributed by atoms with Crippen molar-refractivity contribution in [3.63, 3.8) is 0 Å². The standard InChI is InChI=1S/C11H16N4O4/c1-8(16)14(2)6-10(17)13-9-4-12-15(5-9)7-11(18)19-3/h4-5H,6-7H2,1-3H3,(H,13,17). The smallest absolute Gasteiger partial charge is 0.327 e. The number of nitrogens with zero attached hydrogens (tertiary/aromatic N) is 3. The van der Waals surface area contributed by atoms with Gasteiger partial charge in [-0.2, -0.15) is 5.10 Å². The molecule has 0 saturated heterocycles. The van der Waals surface area contributed by atoms with Gasteiger partial charge in [-0.05, 0) is 0 Å². The van der Waals surface area contributed by atoms with E-state index in [4.69, 9.17) is 0 Å². The Labute approximate surface area is 110 Å². The van der Waals surface area contributed by atoms with Crippen LogP contribution in [0.1, 0.15) is 6.92 Å². The molecule has 0 aliphatic heterocycles. The summed E-state index contributed by atoms with van der Waals surface area (Å²) in [7, 11) is 2.81. The van der Waals surface area contributed by atoms with Crippen molar-refractivity contribution in [1.82, 2.24) is 14.7 Å². The molecule has 1 aromatic heterocycles. The molecule has 0 saturated carbocycles. The molecule has 0 aliphatic carbocycles. The highest BCUT2D eigenvalue weighted by molar-refractivity contribution is 5.94. The molecule has 19 heavy (non-hydrogen) atoms. The second-order valence-electron chi connectivity index (χ2n) is 3.93. The van der Waals surface area contributed by atoms with Crippen LogP contribution in [0.5, 0.6) is 0 Å². The van der Waals surface area contributed by atoms with Crippen LogP contribution >= 0.6 is 0 Å². The Balaban J connectivity index is 2.51. The summed E-state index contributed by atoms with van der Waals surface area (Å²) < 4.78 is 5.84. The molecule has 0 fully saturated rings. The van der Waals surface area contributed by atoms with E-state index in [9.17, 15) is 14.4 Å². The Morgan fingerprint density at radius 2 is 2.16 bits per heavy atom. The van der Waals surface area contributed by atoms with Gasteiger partial charge in [0.25, 0.3) is 0 Å². The number of methoxy groups -OCH3 is 1. The lowest BCUT2D eigenvalue weighted by Crippen LogP contribution is -2.33. The summed E-state index contributed by atoms with van der Waals surface area (Å²) in [5.74, 6) is -0.968. The van der Waals surface area contributed by atoms with Crippen LogP contribution in [0.15, 0.2) is 12.4 Å². The van der Waals surface area contributed by atoms with Crippen LogP contribution in [0.4, 0.5) is 5.69 Å². The Morgan fingerprint density at radius 1 is 1.47 bits per heavy atom. The number of carbonyl (C=O) groups is 3. The minimum Gasteiger partial charge on any atom is -0.468 e. The third kappa shape index (κ3) is 4.78. The fourth-order valence-corrected chi connectivity index (χ4v) is 1.24. The molecule has 0 bridgehead atoms. The summed E-state index contributed by atoms with van der Waals surface area (Å²) in [5.41, 5.74) is 0.450. The van der Waals surface area contributed by atoms with Crippen molar-refractivity contribution in [3.8, 4) is 0 Å². The highest BCUT2D eigenvalue weighted by atomic mass is 16.5. The van der Waals surface area contributed by atoms with Crippen molar-refractivity contribution in [1.29, 1.82) is 0 Å². The quantitative estimate of drug-likeness (QED) is 0.725. The lowest BCUT2D eigenvalue weighted by atomic mass is 10.4. The van der Waals surface area contributed by atoms with Gasteiger partial charge in [0, 0.05) is 20.2 Å². The maximum atomic E-state index is 11.6. The lowest BCUT2D eigenvalue weighted by Gasteiger charge is -2.13. The fourth-order valence-electron chi connectivity index (χ4n) is 1.24. The number of carbonyl (C=O) groups excluding carboxylic acids is 3. The van der Waals surface area contributed by atoms with Crippen molar-refractivity contribution < 1.29 is 19.1 Å². The number of anilines is 1. The monoisotopic (exact) mass is 268 g/mol. The van der Waals surface area contributed by atoms with Crippen molar-refractivity contribution in [3.05, 3.63) is 12.4 Å². The molecule has 0 radical (unpaired) electrons. The van der Waals surface area contributed by atoms with E-state index in [0.29, 0.717) is 5.69 Å². The van der Waals surface area contributed by atoms with E-state index >= 15 is 0 Å². The number of ether oxygens (including phenoxy) is 1. The molecular weight excluding hydrogens is 252 g/mol. The minimum absolute atomic E-state index is 0.0281. The number of hydrogen-bond donors (Lipinski definition) is 1. The van der Waals surface area contributed by atoms with Gasteiger partial charge < -0.3 is 15.0 Å². The molecule has 8 heteroatoms. The number of amides is 2. The first-order chi connectivity index (χ1) is 8.92. The predicted molar refractivity (Wildman–Crippen MR) is 66.2 cm³/mol. The maximum Gasteiger partial charge on any atom is 0.327 e. The van der Waals surface area contributed by atoms with E-state index in [1.165, 1.54) is 43.1 Å². The molecule has 2 amide bonds. The summed E-state index contributed by atoms with van der Waals surface area (Å²) in [6.07, 6.45) is 2.91. The largest absolute Gasteiger partial charge is 0.468 e. The number of nitrogens with one attached hydrogen (secondary N) is 1. The van der Waals surface area contributed by atoms with Gasteiger partial charge in [-0.25, -0.2) is 0 Å². The molecule has 0 spiro atoms. The van der Waals surface area contributed by atoms with Gasteiger partial charge >= 0.3 is 5.97 Å².